The number of halogens is 1. The summed E-state index contributed by atoms with van der Waals surface area (Å²) < 4.78 is 4.81. The molecule has 1 aromatic rings. The molecule has 100 valence electrons. The second-order valence-electron chi connectivity index (χ2n) is 4.71. The van der Waals surface area contributed by atoms with Gasteiger partial charge in [-0.15, -0.1) is 0 Å². The second-order valence-corrected chi connectivity index (χ2v) is 5.15. The van der Waals surface area contributed by atoms with Gasteiger partial charge in [0.05, 0.1) is 13.0 Å². The second kappa shape index (κ2) is 6.64. The highest BCUT2D eigenvalue weighted by Crippen LogP contribution is 2.21. The van der Waals surface area contributed by atoms with Crippen molar-refractivity contribution in [1.82, 2.24) is 0 Å². The van der Waals surface area contributed by atoms with Crippen LogP contribution in [0.5, 0.6) is 0 Å². The number of nitrogens with one attached hydrogen (secondary N) is 1. The lowest BCUT2D eigenvalue weighted by atomic mass is 9.96. The molecule has 1 unspecified atom stereocenters. The van der Waals surface area contributed by atoms with Crippen LogP contribution in [0.25, 0.3) is 0 Å². The number of carbonyl (C=O) groups excluding carboxylic acids is 1. The molecule has 0 saturated carbocycles. The Labute approximate surface area is 113 Å². The van der Waals surface area contributed by atoms with E-state index in [2.05, 4.69) is 5.32 Å². The van der Waals surface area contributed by atoms with Gasteiger partial charge in [-0.2, -0.15) is 0 Å². The van der Waals surface area contributed by atoms with Gasteiger partial charge in [0.1, 0.15) is 0 Å². The third-order valence-corrected chi connectivity index (χ3v) is 3.26. The molecule has 1 atom stereocenters. The van der Waals surface area contributed by atoms with Crippen molar-refractivity contribution in [3.63, 3.8) is 0 Å². The fourth-order valence-electron chi connectivity index (χ4n) is 1.75. The van der Waals surface area contributed by atoms with E-state index >= 15 is 0 Å². The van der Waals surface area contributed by atoms with Gasteiger partial charge >= 0.3 is 5.97 Å². The van der Waals surface area contributed by atoms with E-state index in [0.717, 1.165) is 11.3 Å². The summed E-state index contributed by atoms with van der Waals surface area (Å²) in [6, 6.07) is 5.67. The molecule has 18 heavy (non-hydrogen) atoms. The van der Waals surface area contributed by atoms with Crippen LogP contribution in [0.2, 0.25) is 5.02 Å². The Morgan fingerprint density at radius 2 is 2.11 bits per heavy atom. The smallest absolute Gasteiger partial charge is 0.310 e. The predicted molar refractivity (Wildman–Crippen MR) is 75.0 cm³/mol. The summed E-state index contributed by atoms with van der Waals surface area (Å²) in [6.07, 6.45) is 0. The Balaban J connectivity index is 2.73. The molecule has 0 spiro atoms. The molecule has 1 aromatic carbocycles. The first-order valence-corrected chi connectivity index (χ1v) is 6.41. The Hall–Kier alpha value is -1.22. The number of aryl methyl sites for hydroxylation is 1. The van der Waals surface area contributed by atoms with Crippen LogP contribution in [-0.4, -0.2) is 19.6 Å². The number of esters is 1. The first kappa shape index (κ1) is 14.8. The van der Waals surface area contributed by atoms with Crippen molar-refractivity contribution >= 4 is 23.3 Å². The third kappa shape index (κ3) is 3.91. The molecule has 0 fully saturated rings. The summed E-state index contributed by atoms with van der Waals surface area (Å²) in [4.78, 5) is 11.6. The average Bonchev–Trinajstić information content (AvgIpc) is 2.32. The molecule has 0 heterocycles. The zero-order valence-corrected chi connectivity index (χ0v) is 12.0. The zero-order chi connectivity index (χ0) is 13.7. The SMILES string of the molecule is COC(=O)C(CNc1cc(Cl)ccc1C)C(C)C. The molecule has 1 N–H and O–H groups in total. The van der Waals surface area contributed by atoms with Gasteiger partial charge in [-0.25, -0.2) is 0 Å². The summed E-state index contributed by atoms with van der Waals surface area (Å²) in [6.45, 7) is 6.56. The highest BCUT2D eigenvalue weighted by molar-refractivity contribution is 6.30. The van der Waals surface area contributed by atoms with Gasteiger partial charge in [0.2, 0.25) is 0 Å². The molecule has 0 aliphatic carbocycles. The topological polar surface area (TPSA) is 38.3 Å². The van der Waals surface area contributed by atoms with Gasteiger partial charge in [-0.1, -0.05) is 31.5 Å². The first-order valence-electron chi connectivity index (χ1n) is 6.03. The van der Waals surface area contributed by atoms with Crippen LogP contribution < -0.4 is 5.32 Å². The van der Waals surface area contributed by atoms with Crippen LogP contribution in [0, 0.1) is 18.8 Å². The molecule has 0 aliphatic heterocycles. The quantitative estimate of drug-likeness (QED) is 0.832. The Kier molecular flexibility index (Phi) is 5.48. The fourth-order valence-corrected chi connectivity index (χ4v) is 1.92. The summed E-state index contributed by atoms with van der Waals surface area (Å²) in [7, 11) is 1.42. The number of hydrogen-bond donors (Lipinski definition) is 1. The highest BCUT2D eigenvalue weighted by Gasteiger charge is 2.22. The van der Waals surface area contributed by atoms with Gasteiger partial charge in [-0.05, 0) is 30.5 Å². The first-order chi connectivity index (χ1) is 8.45. The normalized spacial score (nSPS) is 12.3. The van der Waals surface area contributed by atoms with Crippen molar-refractivity contribution in [2.75, 3.05) is 19.0 Å². The zero-order valence-electron chi connectivity index (χ0n) is 11.3. The lowest BCUT2D eigenvalue weighted by molar-refractivity contribution is -0.146. The third-order valence-electron chi connectivity index (χ3n) is 3.02. The molecule has 3 nitrogen and oxygen atoms in total. The number of ether oxygens (including phenoxy) is 1. The number of benzene rings is 1. The molecule has 0 saturated heterocycles. The molecule has 1 rings (SSSR count). The van der Waals surface area contributed by atoms with Crippen molar-refractivity contribution in [2.24, 2.45) is 11.8 Å². The maximum absolute atomic E-state index is 11.6. The van der Waals surface area contributed by atoms with Crippen LogP contribution in [0.1, 0.15) is 19.4 Å². The van der Waals surface area contributed by atoms with Crippen molar-refractivity contribution in [3.05, 3.63) is 28.8 Å². The number of hydrogen-bond acceptors (Lipinski definition) is 3. The lowest BCUT2D eigenvalue weighted by Crippen LogP contribution is -2.29. The van der Waals surface area contributed by atoms with E-state index in [1.54, 1.807) is 0 Å². The minimum absolute atomic E-state index is 0.159. The Morgan fingerprint density at radius 3 is 2.67 bits per heavy atom. The van der Waals surface area contributed by atoms with Gasteiger partial charge in [-0.3, -0.25) is 4.79 Å². The van der Waals surface area contributed by atoms with E-state index in [4.69, 9.17) is 16.3 Å². The average molecular weight is 270 g/mol. The number of anilines is 1. The van der Waals surface area contributed by atoms with E-state index in [1.807, 2.05) is 39.0 Å². The highest BCUT2D eigenvalue weighted by atomic mass is 35.5. The van der Waals surface area contributed by atoms with E-state index < -0.39 is 0 Å². The summed E-state index contributed by atoms with van der Waals surface area (Å²) in [5, 5.41) is 3.95. The molecule has 0 amide bonds. The minimum atomic E-state index is -0.183. The molecule has 0 aromatic heterocycles. The maximum atomic E-state index is 11.6. The van der Waals surface area contributed by atoms with Crippen molar-refractivity contribution in [3.8, 4) is 0 Å². The van der Waals surface area contributed by atoms with Crippen molar-refractivity contribution in [1.29, 1.82) is 0 Å². The van der Waals surface area contributed by atoms with Gasteiger partial charge in [0, 0.05) is 17.3 Å². The molecule has 0 aliphatic rings. The molecule has 4 heteroatoms. The summed E-state index contributed by atoms with van der Waals surface area (Å²) >= 11 is 5.95. The maximum Gasteiger partial charge on any atom is 0.310 e. The van der Waals surface area contributed by atoms with Crippen molar-refractivity contribution in [2.45, 2.75) is 20.8 Å². The molecule has 0 radical (unpaired) electrons. The van der Waals surface area contributed by atoms with Gasteiger partial charge in [0.15, 0.2) is 0 Å². The standard InChI is InChI=1S/C14H20ClNO2/c1-9(2)12(14(17)18-4)8-16-13-7-11(15)6-5-10(13)3/h5-7,9,12,16H,8H2,1-4H3. The van der Waals surface area contributed by atoms with E-state index in [-0.39, 0.29) is 17.8 Å². The predicted octanol–water partition coefficient (Wildman–Crippen LogP) is 3.51. The van der Waals surface area contributed by atoms with Crippen LogP contribution in [0.3, 0.4) is 0 Å². The van der Waals surface area contributed by atoms with E-state index in [1.165, 1.54) is 7.11 Å². The number of methoxy groups -OCH3 is 1. The summed E-state index contributed by atoms with van der Waals surface area (Å²) in [5.74, 6) is -0.116. The minimum Gasteiger partial charge on any atom is -0.469 e. The van der Waals surface area contributed by atoms with Gasteiger partial charge in [0.25, 0.3) is 0 Å². The Morgan fingerprint density at radius 1 is 1.44 bits per heavy atom. The Bertz CT molecular complexity index is 418. The van der Waals surface area contributed by atoms with Crippen LogP contribution in [0.15, 0.2) is 18.2 Å². The van der Waals surface area contributed by atoms with Crippen LogP contribution in [0.4, 0.5) is 5.69 Å². The fraction of sp³-hybridized carbons (Fsp3) is 0.500. The van der Waals surface area contributed by atoms with Crippen LogP contribution >= 0.6 is 11.6 Å². The van der Waals surface area contributed by atoms with Crippen molar-refractivity contribution < 1.29 is 9.53 Å². The molecular formula is C14H20ClNO2. The molecular weight excluding hydrogens is 250 g/mol. The largest absolute Gasteiger partial charge is 0.469 e. The summed E-state index contributed by atoms with van der Waals surface area (Å²) in [5.41, 5.74) is 2.06. The molecule has 0 bridgehead atoms. The van der Waals surface area contributed by atoms with Gasteiger partial charge < -0.3 is 10.1 Å². The lowest BCUT2D eigenvalue weighted by Gasteiger charge is -2.20. The monoisotopic (exact) mass is 269 g/mol. The van der Waals surface area contributed by atoms with E-state index in [9.17, 15) is 4.79 Å². The van der Waals surface area contributed by atoms with E-state index in [0.29, 0.717) is 11.6 Å². The number of rotatable bonds is 5. The van der Waals surface area contributed by atoms with Crippen LogP contribution in [-0.2, 0) is 9.53 Å². The number of carbonyl (C=O) groups is 1.